The average Bonchev–Trinajstić information content (AvgIpc) is 2.24. The summed E-state index contributed by atoms with van der Waals surface area (Å²) in [5, 5.41) is 0. The average molecular weight is 246 g/mol. The van der Waals surface area contributed by atoms with Gasteiger partial charge in [0.15, 0.2) is 0 Å². The van der Waals surface area contributed by atoms with E-state index in [0.717, 1.165) is 5.92 Å². The predicted molar refractivity (Wildman–Crippen MR) is 84.9 cm³/mol. The Kier molecular flexibility index (Phi) is 6.38. The van der Waals surface area contributed by atoms with E-state index in [1.54, 1.807) is 0 Å². The van der Waals surface area contributed by atoms with Crippen LogP contribution in [-0.2, 0) is 0 Å². The molecule has 1 aromatic carbocycles. The van der Waals surface area contributed by atoms with Gasteiger partial charge in [-0.05, 0) is 34.8 Å². The molecule has 0 amide bonds. The van der Waals surface area contributed by atoms with Crippen molar-refractivity contribution in [1.29, 1.82) is 0 Å². The first-order valence-electron chi connectivity index (χ1n) is 6.57. The molecule has 0 saturated heterocycles. The van der Waals surface area contributed by atoms with Crippen molar-refractivity contribution in [3.05, 3.63) is 42.0 Å². The molecule has 0 spiro atoms. The highest BCUT2D eigenvalue weighted by atomic mass is 14.3. The lowest BCUT2D eigenvalue weighted by molar-refractivity contribution is 0.280. The van der Waals surface area contributed by atoms with Gasteiger partial charge in [0.1, 0.15) is 0 Å². The first-order chi connectivity index (χ1) is 7.84. The molecule has 0 aliphatic rings. The van der Waals surface area contributed by atoms with E-state index in [2.05, 4.69) is 65.5 Å². The highest BCUT2D eigenvalue weighted by molar-refractivity contribution is 5.47. The van der Waals surface area contributed by atoms with E-state index >= 15 is 0 Å². The lowest BCUT2D eigenvalue weighted by atomic mass is 9.72. The molecule has 1 atom stereocenters. The molecule has 18 heavy (non-hydrogen) atoms. The van der Waals surface area contributed by atoms with E-state index in [1.807, 2.05) is 6.08 Å². The molecule has 0 heteroatoms. The summed E-state index contributed by atoms with van der Waals surface area (Å²) < 4.78 is 0. The maximum Gasteiger partial charge on any atom is -0.0111 e. The van der Waals surface area contributed by atoms with Crippen molar-refractivity contribution >= 4 is 6.08 Å². The maximum atomic E-state index is 3.80. The summed E-state index contributed by atoms with van der Waals surface area (Å²) in [5.74, 6) is 1.36. The fourth-order valence-corrected chi connectivity index (χ4v) is 2.33. The molecule has 1 rings (SSSR count). The van der Waals surface area contributed by atoms with E-state index in [4.69, 9.17) is 0 Å². The zero-order valence-corrected chi connectivity index (χ0v) is 12.0. The predicted octanol–water partition coefficient (Wildman–Crippen LogP) is 6.14. The van der Waals surface area contributed by atoms with Gasteiger partial charge in [-0.3, -0.25) is 0 Å². The van der Waals surface area contributed by atoms with Crippen LogP contribution in [0.2, 0.25) is 0 Å². The molecule has 1 unspecified atom stereocenters. The Morgan fingerprint density at radius 3 is 1.94 bits per heavy atom. The van der Waals surface area contributed by atoms with Gasteiger partial charge in [-0.15, -0.1) is 0 Å². The second-order valence-electron chi connectivity index (χ2n) is 6.42. The Morgan fingerprint density at radius 1 is 1.11 bits per heavy atom. The van der Waals surface area contributed by atoms with Crippen LogP contribution in [0, 0.1) is 11.3 Å². The molecule has 0 N–H and O–H groups in total. The van der Waals surface area contributed by atoms with Crippen LogP contribution in [0.5, 0.6) is 0 Å². The third kappa shape index (κ3) is 4.68. The molecule has 0 nitrogen and oxygen atoms in total. The summed E-state index contributed by atoms with van der Waals surface area (Å²) in [4.78, 5) is 0. The fourth-order valence-electron chi connectivity index (χ4n) is 2.33. The van der Waals surface area contributed by atoms with Crippen molar-refractivity contribution in [2.45, 2.75) is 54.4 Å². The standard InChI is InChI=1S/C17H26.CH4/c1-7-14-8-10-15(11-9-14)16(12-13(2)3)17(4,5)6;/h7-11,13,16H,1,12H2,2-6H3;1H4. The van der Waals surface area contributed by atoms with Crippen LogP contribution in [0.4, 0.5) is 0 Å². The van der Waals surface area contributed by atoms with Crippen molar-refractivity contribution in [2.24, 2.45) is 11.3 Å². The summed E-state index contributed by atoms with van der Waals surface area (Å²) in [6, 6.07) is 8.85. The summed E-state index contributed by atoms with van der Waals surface area (Å²) in [6.07, 6.45) is 3.15. The Bertz CT molecular complexity index is 349. The van der Waals surface area contributed by atoms with E-state index in [0.29, 0.717) is 11.3 Å². The SMILES string of the molecule is C.C=Cc1ccc(C(CC(C)C)C(C)(C)C)cc1. The maximum absolute atomic E-state index is 3.80. The third-order valence-corrected chi connectivity index (χ3v) is 3.33. The van der Waals surface area contributed by atoms with Gasteiger partial charge in [-0.1, -0.05) is 79.0 Å². The molecule has 0 aliphatic heterocycles. The second kappa shape index (κ2) is 6.78. The second-order valence-corrected chi connectivity index (χ2v) is 6.42. The molecule has 0 heterocycles. The molecule has 1 aromatic rings. The first-order valence-corrected chi connectivity index (χ1v) is 6.57. The van der Waals surface area contributed by atoms with Gasteiger partial charge in [-0.25, -0.2) is 0 Å². The first kappa shape index (κ1) is 17.0. The van der Waals surface area contributed by atoms with Crippen LogP contribution in [-0.4, -0.2) is 0 Å². The van der Waals surface area contributed by atoms with Crippen LogP contribution in [0.25, 0.3) is 6.08 Å². The van der Waals surface area contributed by atoms with Gasteiger partial charge in [0.25, 0.3) is 0 Å². The van der Waals surface area contributed by atoms with Gasteiger partial charge in [0, 0.05) is 0 Å². The Hall–Kier alpha value is -1.04. The van der Waals surface area contributed by atoms with Crippen molar-refractivity contribution in [1.82, 2.24) is 0 Å². The molecule has 0 radical (unpaired) electrons. The van der Waals surface area contributed by atoms with Crippen molar-refractivity contribution in [3.63, 3.8) is 0 Å². The van der Waals surface area contributed by atoms with Crippen molar-refractivity contribution < 1.29 is 0 Å². The summed E-state index contributed by atoms with van der Waals surface area (Å²) in [5.41, 5.74) is 2.97. The van der Waals surface area contributed by atoms with Crippen molar-refractivity contribution in [3.8, 4) is 0 Å². The Balaban J connectivity index is 0.00000289. The normalized spacial score (nSPS) is 13.0. The van der Waals surface area contributed by atoms with Gasteiger partial charge in [0.2, 0.25) is 0 Å². The largest absolute Gasteiger partial charge is 0.0985 e. The van der Waals surface area contributed by atoms with E-state index in [9.17, 15) is 0 Å². The van der Waals surface area contributed by atoms with E-state index in [1.165, 1.54) is 17.5 Å². The number of hydrogen-bond acceptors (Lipinski definition) is 0. The molecule has 0 fully saturated rings. The fraction of sp³-hybridized carbons (Fsp3) is 0.556. The molecule has 102 valence electrons. The number of hydrogen-bond donors (Lipinski definition) is 0. The van der Waals surface area contributed by atoms with Gasteiger partial charge >= 0.3 is 0 Å². The summed E-state index contributed by atoms with van der Waals surface area (Å²) in [7, 11) is 0. The minimum atomic E-state index is 0. The number of benzene rings is 1. The zero-order chi connectivity index (χ0) is 13.1. The lowest BCUT2D eigenvalue weighted by Gasteiger charge is -2.32. The monoisotopic (exact) mass is 246 g/mol. The molecule has 0 aliphatic carbocycles. The molecular weight excluding hydrogens is 216 g/mol. The molecular formula is C18H30. The third-order valence-electron chi connectivity index (χ3n) is 3.33. The molecule has 0 bridgehead atoms. The quantitative estimate of drug-likeness (QED) is 0.598. The van der Waals surface area contributed by atoms with E-state index in [-0.39, 0.29) is 7.43 Å². The van der Waals surface area contributed by atoms with Crippen LogP contribution in [0.3, 0.4) is 0 Å². The van der Waals surface area contributed by atoms with Crippen LogP contribution < -0.4 is 0 Å². The zero-order valence-electron chi connectivity index (χ0n) is 12.0. The Morgan fingerprint density at radius 2 is 1.61 bits per heavy atom. The van der Waals surface area contributed by atoms with Gasteiger partial charge in [-0.2, -0.15) is 0 Å². The topological polar surface area (TPSA) is 0 Å². The molecule has 0 aromatic heterocycles. The van der Waals surface area contributed by atoms with Crippen LogP contribution >= 0.6 is 0 Å². The highest BCUT2D eigenvalue weighted by Gasteiger charge is 2.26. The summed E-state index contributed by atoms with van der Waals surface area (Å²) >= 11 is 0. The van der Waals surface area contributed by atoms with Crippen LogP contribution in [0.1, 0.15) is 65.5 Å². The van der Waals surface area contributed by atoms with Gasteiger partial charge in [0.05, 0.1) is 0 Å². The lowest BCUT2D eigenvalue weighted by Crippen LogP contribution is -2.20. The smallest absolute Gasteiger partial charge is 0.0111 e. The molecule has 0 saturated carbocycles. The number of rotatable bonds is 4. The highest BCUT2D eigenvalue weighted by Crippen LogP contribution is 2.39. The van der Waals surface area contributed by atoms with Crippen molar-refractivity contribution in [2.75, 3.05) is 0 Å². The minimum Gasteiger partial charge on any atom is -0.0985 e. The minimum absolute atomic E-state index is 0. The van der Waals surface area contributed by atoms with Crippen LogP contribution in [0.15, 0.2) is 30.8 Å². The Labute approximate surface area is 114 Å². The summed E-state index contributed by atoms with van der Waals surface area (Å²) in [6.45, 7) is 15.4. The van der Waals surface area contributed by atoms with Gasteiger partial charge < -0.3 is 0 Å². The van der Waals surface area contributed by atoms with E-state index < -0.39 is 0 Å².